The Labute approximate surface area is 219 Å². The molecule has 0 saturated carbocycles. The van der Waals surface area contributed by atoms with Crippen molar-refractivity contribution >= 4 is 17.7 Å². The van der Waals surface area contributed by atoms with E-state index >= 15 is 0 Å². The average molecular weight is 531 g/mol. The van der Waals surface area contributed by atoms with Crippen LogP contribution in [0.5, 0.6) is 11.5 Å². The van der Waals surface area contributed by atoms with E-state index in [4.69, 9.17) is 17.2 Å². The molecule has 13 heteroatoms. The van der Waals surface area contributed by atoms with Gasteiger partial charge in [-0.2, -0.15) is 0 Å². The summed E-state index contributed by atoms with van der Waals surface area (Å²) >= 11 is 0. The van der Waals surface area contributed by atoms with Crippen molar-refractivity contribution in [3.63, 3.8) is 0 Å². The van der Waals surface area contributed by atoms with Gasteiger partial charge in [0.25, 0.3) is 0 Å². The maximum absolute atomic E-state index is 13.3. The number of carbonyl (C=O) groups excluding carboxylic acids is 3. The molecule has 13 nitrogen and oxygen atoms in total. The zero-order valence-corrected chi connectivity index (χ0v) is 20.6. The summed E-state index contributed by atoms with van der Waals surface area (Å²) in [5.41, 5.74) is 18.4. The Bertz CT molecular complexity index is 1180. The zero-order chi connectivity index (χ0) is 28.0. The number of benzene rings is 2. The third-order valence-corrected chi connectivity index (χ3v) is 6.29. The molecule has 0 aromatic heterocycles. The largest absolute Gasteiger partial charge is 0.508 e. The lowest BCUT2D eigenvalue weighted by molar-refractivity contribution is -0.135. The third-order valence-electron chi connectivity index (χ3n) is 6.29. The van der Waals surface area contributed by atoms with Crippen LogP contribution in [-0.4, -0.2) is 82.0 Å². The lowest BCUT2D eigenvalue weighted by Gasteiger charge is -2.28. The van der Waals surface area contributed by atoms with Gasteiger partial charge in [0.2, 0.25) is 17.7 Å². The zero-order valence-electron chi connectivity index (χ0n) is 20.6. The Hall–Kier alpha value is -3.75. The summed E-state index contributed by atoms with van der Waals surface area (Å²) in [6.07, 6.45) is -3.30. The molecule has 38 heavy (non-hydrogen) atoms. The van der Waals surface area contributed by atoms with E-state index in [1.807, 2.05) is 0 Å². The molecule has 3 amide bonds. The van der Waals surface area contributed by atoms with Crippen LogP contribution in [-0.2, 0) is 20.8 Å². The average Bonchev–Trinajstić information content (AvgIpc) is 2.90. The van der Waals surface area contributed by atoms with Gasteiger partial charge in [0.05, 0.1) is 12.1 Å². The highest BCUT2D eigenvalue weighted by atomic mass is 16.3. The van der Waals surface area contributed by atoms with Crippen LogP contribution in [0.2, 0.25) is 0 Å². The molecule has 5 atom stereocenters. The van der Waals surface area contributed by atoms with Gasteiger partial charge in [-0.05, 0) is 41.0 Å². The lowest BCUT2D eigenvalue weighted by atomic mass is 9.94. The highest BCUT2D eigenvalue weighted by Crippen LogP contribution is 2.34. The van der Waals surface area contributed by atoms with E-state index in [1.165, 1.54) is 18.2 Å². The van der Waals surface area contributed by atoms with Crippen LogP contribution in [0.15, 0.2) is 36.4 Å². The number of phenols is 2. The maximum atomic E-state index is 13.3. The molecular weight excluding hydrogens is 496 g/mol. The van der Waals surface area contributed by atoms with Crippen molar-refractivity contribution in [3.05, 3.63) is 47.5 Å². The third kappa shape index (κ3) is 6.76. The fraction of sp³-hybridized carbons (Fsp3) is 0.400. The topological polar surface area (TPSA) is 246 Å². The minimum Gasteiger partial charge on any atom is -0.508 e. The van der Waals surface area contributed by atoms with Gasteiger partial charge in [-0.3, -0.25) is 14.4 Å². The van der Waals surface area contributed by atoms with Gasteiger partial charge >= 0.3 is 0 Å². The fourth-order valence-corrected chi connectivity index (χ4v) is 4.13. The number of aliphatic hydroxyl groups is 2. The lowest BCUT2D eigenvalue weighted by Crippen LogP contribution is -2.58. The summed E-state index contributed by atoms with van der Waals surface area (Å²) in [4.78, 5) is 39.2. The van der Waals surface area contributed by atoms with Gasteiger partial charge in [-0.25, -0.2) is 0 Å². The van der Waals surface area contributed by atoms with Gasteiger partial charge in [0.15, 0.2) is 0 Å². The standard InChI is InChI=1S/C25H34N6O7/c26-5-6-29-25(38)21-22(35)16-8-13(2-4-20(16)34)12-1-3-19(33)14(7-12)9-17(28)23(36)30-18(24(37)31-21)10-15(32)11-27/h1-4,7-8,15,17-18,21-22,32-35H,5-6,9-11,26-28H2,(H,29,38)(H,30,36)(H,31,37)/t15-,17+,18+,21+,22-/m1/s1. The highest BCUT2D eigenvalue weighted by Gasteiger charge is 2.35. The van der Waals surface area contributed by atoms with Crippen LogP contribution in [0.25, 0.3) is 11.1 Å². The molecule has 1 heterocycles. The molecule has 2 aromatic carbocycles. The predicted molar refractivity (Wildman–Crippen MR) is 137 cm³/mol. The smallest absolute Gasteiger partial charge is 0.245 e. The molecule has 4 bridgehead atoms. The number of hydrogen-bond donors (Lipinski definition) is 10. The second-order valence-corrected chi connectivity index (χ2v) is 9.12. The van der Waals surface area contributed by atoms with Crippen LogP contribution in [0.1, 0.15) is 23.7 Å². The minimum atomic E-state index is -1.73. The Morgan fingerprint density at radius 3 is 2.34 bits per heavy atom. The van der Waals surface area contributed by atoms with Crippen molar-refractivity contribution in [1.29, 1.82) is 0 Å². The quantitative estimate of drug-likeness (QED) is 0.187. The highest BCUT2D eigenvalue weighted by molar-refractivity contribution is 5.93. The van der Waals surface area contributed by atoms with Gasteiger partial charge in [0, 0.05) is 38.0 Å². The van der Waals surface area contributed by atoms with Crippen LogP contribution in [0, 0.1) is 0 Å². The van der Waals surface area contributed by atoms with E-state index in [1.54, 1.807) is 18.2 Å². The van der Waals surface area contributed by atoms with Crippen molar-refractivity contribution in [2.24, 2.45) is 17.2 Å². The van der Waals surface area contributed by atoms with E-state index in [9.17, 15) is 34.8 Å². The molecule has 0 radical (unpaired) electrons. The van der Waals surface area contributed by atoms with E-state index in [0.29, 0.717) is 16.7 Å². The first-order chi connectivity index (χ1) is 18.0. The Kier molecular flexibility index (Phi) is 9.61. The van der Waals surface area contributed by atoms with Crippen molar-refractivity contribution in [3.8, 4) is 22.6 Å². The van der Waals surface area contributed by atoms with Crippen LogP contribution in [0.3, 0.4) is 0 Å². The molecule has 2 aromatic rings. The predicted octanol–water partition coefficient (Wildman–Crippen LogP) is -2.56. The number of phenolic OH excluding ortho intramolecular Hbond substituents is 2. The maximum Gasteiger partial charge on any atom is 0.245 e. The fourth-order valence-electron chi connectivity index (χ4n) is 4.13. The Morgan fingerprint density at radius 1 is 1.03 bits per heavy atom. The Morgan fingerprint density at radius 2 is 1.68 bits per heavy atom. The van der Waals surface area contributed by atoms with Crippen molar-refractivity contribution in [2.45, 2.75) is 43.2 Å². The monoisotopic (exact) mass is 530 g/mol. The van der Waals surface area contributed by atoms with Crippen LogP contribution >= 0.6 is 0 Å². The second kappa shape index (κ2) is 12.7. The molecule has 0 aliphatic carbocycles. The van der Waals surface area contributed by atoms with E-state index < -0.39 is 48.1 Å². The number of carbonyl (C=O) groups is 3. The van der Waals surface area contributed by atoms with E-state index in [-0.39, 0.29) is 49.5 Å². The number of rotatable bonds is 6. The first kappa shape index (κ1) is 28.8. The van der Waals surface area contributed by atoms with E-state index in [2.05, 4.69) is 16.0 Å². The molecule has 206 valence electrons. The molecule has 0 fully saturated rings. The number of hydrogen-bond acceptors (Lipinski definition) is 10. The number of nitrogens with two attached hydrogens (primary N) is 3. The SMILES string of the molecule is NCCNC(=O)[C@H]1NC(=O)[C@H](C[C@@H](O)CN)NC(=O)[C@@H](N)Cc2cc(ccc2O)-c2ccc(O)c(c2)[C@H]1O. The molecular formula is C25H34N6O7. The minimum absolute atomic E-state index is 0.0428. The summed E-state index contributed by atoms with van der Waals surface area (Å²) < 4.78 is 0. The first-order valence-electron chi connectivity index (χ1n) is 12.1. The van der Waals surface area contributed by atoms with Gasteiger partial charge < -0.3 is 53.6 Å². The summed E-state index contributed by atoms with van der Waals surface area (Å²) in [6, 6.07) is 4.79. The van der Waals surface area contributed by atoms with Crippen LogP contribution in [0.4, 0.5) is 0 Å². The van der Waals surface area contributed by atoms with Gasteiger partial charge in [0.1, 0.15) is 29.7 Å². The normalized spacial score (nSPS) is 22.9. The van der Waals surface area contributed by atoms with Crippen molar-refractivity contribution in [1.82, 2.24) is 16.0 Å². The number of fused-ring (bicyclic) bond motifs is 5. The molecule has 3 rings (SSSR count). The number of aliphatic hydroxyl groups excluding tert-OH is 2. The first-order valence-corrected chi connectivity index (χ1v) is 12.1. The summed E-state index contributed by atoms with van der Waals surface area (Å²) in [5.74, 6) is -2.89. The van der Waals surface area contributed by atoms with E-state index in [0.717, 1.165) is 0 Å². The summed E-state index contributed by atoms with van der Waals surface area (Å²) in [7, 11) is 0. The van der Waals surface area contributed by atoms with Crippen molar-refractivity contribution < 1.29 is 34.8 Å². The molecule has 0 unspecified atom stereocenters. The Balaban J connectivity index is 2.15. The summed E-state index contributed by atoms with van der Waals surface area (Å²) in [6.45, 7) is -0.0805. The molecule has 1 aliphatic heterocycles. The molecule has 1 aliphatic rings. The van der Waals surface area contributed by atoms with Gasteiger partial charge in [-0.1, -0.05) is 12.1 Å². The van der Waals surface area contributed by atoms with Crippen molar-refractivity contribution in [2.75, 3.05) is 19.6 Å². The number of amides is 3. The number of nitrogens with one attached hydrogen (secondary N) is 3. The molecule has 0 spiro atoms. The molecule has 0 saturated heterocycles. The van der Waals surface area contributed by atoms with Gasteiger partial charge in [-0.15, -0.1) is 0 Å². The molecule has 13 N–H and O–H groups in total. The summed E-state index contributed by atoms with van der Waals surface area (Å²) in [5, 5.41) is 49.6. The number of aromatic hydroxyl groups is 2. The van der Waals surface area contributed by atoms with Crippen LogP contribution < -0.4 is 33.2 Å². The second-order valence-electron chi connectivity index (χ2n) is 9.12.